The molecule has 1 amide bonds. The van der Waals surface area contributed by atoms with Crippen molar-refractivity contribution < 1.29 is 14.3 Å². The molecule has 0 radical (unpaired) electrons. The Balaban J connectivity index is 1.99. The number of carbonyl (C=O) groups is 2. The predicted molar refractivity (Wildman–Crippen MR) is 68.1 cm³/mol. The van der Waals surface area contributed by atoms with Crippen LogP contribution in [0.4, 0.5) is 0 Å². The van der Waals surface area contributed by atoms with Crippen molar-refractivity contribution in [1.82, 2.24) is 4.90 Å². The van der Waals surface area contributed by atoms with Gasteiger partial charge in [-0.1, -0.05) is 17.7 Å². The van der Waals surface area contributed by atoms with Crippen LogP contribution in [0.15, 0.2) is 18.2 Å². The van der Waals surface area contributed by atoms with Gasteiger partial charge in [0.05, 0.1) is 10.6 Å². The quantitative estimate of drug-likeness (QED) is 0.768. The Morgan fingerprint density at radius 3 is 2.89 bits per heavy atom. The van der Waals surface area contributed by atoms with E-state index in [1.807, 2.05) is 0 Å². The van der Waals surface area contributed by atoms with Crippen LogP contribution < -0.4 is 4.74 Å². The zero-order valence-corrected chi connectivity index (χ0v) is 10.8. The van der Waals surface area contributed by atoms with Crippen LogP contribution in [0.2, 0.25) is 5.02 Å². The first kappa shape index (κ1) is 12.9. The highest BCUT2D eigenvalue weighted by molar-refractivity contribution is 6.33. The number of hydrogen-bond donors (Lipinski definition) is 0. The average Bonchev–Trinajstić information content (AvgIpc) is 3.19. The lowest BCUT2D eigenvalue weighted by atomic mass is 10.2. The first-order chi connectivity index (χ1) is 8.63. The molecule has 2 rings (SSSR count). The molecule has 0 bridgehead atoms. The molecular weight excluding hydrogens is 254 g/mol. The fourth-order valence-corrected chi connectivity index (χ4v) is 1.87. The van der Waals surface area contributed by atoms with Gasteiger partial charge in [-0.3, -0.25) is 9.59 Å². The van der Waals surface area contributed by atoms with E-state index in [0.717, 1.165) is 12.8 Å². The Kier molecular flexibility index (Phi) is 3.87. The summed E-state index contributed by atoms with van der Waals surface area (Å²) in [5.41, 5.74) is 0.279. The van der Waals surface area contributed by atoms with Crippen LogP contribution in [0, 0.1) is 0 Å². The zero-order valence-electron chi connectivity index (χ0n) is 10.1. The fraction of sp³-hybridized carbons (Fsp3) is 0.385. The second-order valence-electron chi connectivity index (χ2n) is 4.29. The number of benzene rings is 1. The number of rotatable bonds is 5. The summed E-state index contributed by atoms with van der Waals surface area (Å²) in [5.74, 6) is 0.254. The van der Waals surface area contributed by atoms with Crippen LogP contribution in [0.1, 0.15) is 23.2 Å². The third-order valence-electron chi connectivity index (χ3n) is 2.97. The molecule has 1 aromatic rings. The van der Waals surface area contributed by atoms with Gasteiger partial charge >= 0.3 is 0 Å². The molecule has 5 heteroatoms. The van der Waals surface area contributed by atoms with Crippen molar-refractivity contribution in [3.63, 3.8) is 0 Å². The normalized spacial score (nSPS) is 14.1. The molecule has 4 nitrogen and oxygen atoms in total. The number of halogens is 1. The molecule has 0 N–H and O–H groups in total. The van der Waals surface area contributed by atoms with E-state index in [1.165, 1.54) is 0 Å². The van der Waals surface area contributed by atoms with Crippen molar-refractivity contribution in [2.24, 2.45) is 0 Å². The van der Waals surface area contributed by atoms with Gasteiger partial charge in [-0.25, -0.2) is 0 Å². The second kappa shape index (κ2) is 5.40. The van der Waals surface area contributed by atoms with Crippen molar-refractivity contribution in [2.45, 2.75) is 18.9 Å². The van der Waals surface area contributed by atoms with E-state index < -0.39 is 0 Å². The SMILES string of the molecule is CN(C(=O)COc1cccc(Cl)c1C=O)C1CC1. The maximum atomic E-state index is 11.8. The highest BCUT2D eigenvalue weighted by Gasteiger charge is 2.29. The molecule has 0 heterocycles. The minimum atomic E-state index is -0.0886. The van der Waals surface area contributed by atoms with E-state index in [0.29, 0.717) is 23.1 Å². The van der Waals surface area contributed by atoms with E-state index in [2.05, 4.69) is 0 Å². The third-order valence-corrected chi connectivity index (χ3v) is 3.30. The van der Waals surface area contributed by atoms with Gasteiger partial charge < -0.3 is 9.64 Å². The molecule has 1 aliphatic carbocycles. The van der Waals surface area contributed by atoms with E-state index >= 15 is 0 Å². The van der Waals surface area contributed by atoms with Gasteiger partial charge in [0.1, 0.15) is 5.75 Å². The Hall–Kier alpha value is -1.55. The summed E-state index contributed by atoms with van der Waals surface area (Å²) in [6.45, 7) is -0.0752. The van der Waals surface area contributed by atoms with Crippen LogP contribution in [0.25, 0.3) is 0 Å². The number of likely N-dealkylation sites (N-methyl/N-ethyl adjacent to an activating group) is 1. The van der Waals surface area contributed by atoms with E-state index in [-0.39, 0.29) is 18.1 Å². The summed E-state index contributed by atoms with van der Waals surface area (Å²) >= 11 is 5.86. The lowest BCUT2D eigenvalue weighted by Crippen LogP contribution is -2.33. The van der Waals surface area contributed by atoms with Crippen LogP contribution in [0.3, 0.4) is 0 Å². The van der Waals surface area contributed by atoms with Crippen LogP contribution in [-0.2, 0) is 4.79 Å². The molecule has 0 aromatic heterocycles. The highest BCUT2D eigenvalue weighted by atomic mass is 35.5. The smallest absolute Gasteiger partial charge is 0.260 e. The Labute approximate surface area is 110 Å². The summed E-state index contributed by atoms with van der Waals surface area (Å²) in [6.07, 6.45) is 2.74. The van der Waals surface area contributed by atoms with Crippen molar-refractivity contribution in [2.75, 3.05) is 13.7 Å². The number of nitrogens with zero attached hydrogens (tertiary/aromatic N) is 1. The van der Waals surface area contributed by atoms with Crippen molar-refractivity contribution >= 4 is 23.8 Å². The molecule has 1 saturated carbocycles. The Morgan fingerprint density at radius 2 is 2.28 bits per heavy atom. The molecule has 1 fully saturated rings. The van der Waals surface area contributed by atoms with Crippen LogP contribution in [0.5, 0.6) is 5.75 Å². The van der Waals surface area contributed by atoms with Gasteiger partial charge in [0.25, 0.3) is 5.91 Å². The summed E-state index contributed by atoms with van der Waals surface area (Å²) in [6, 6.07) is 5.27. The monoisotopic (exact) mass is 267 g/mol. The van der Waals surface area contributed by atoms with Gasteiger partial charge in [-0.15, -0.1) is 0 Å². The molecule has 0 spiro atoms. The largest absolute Gasteiger partial charge is 0.483 e. The average molecular weight is 268 g/mol. The molecule has 18 heavy (non-hydrogen) atoms. The van der Waals surface area contributed by atoms with Gasteiger partial charge in [-0.2, -0.15) is 0 Å². The molecule has 1 aliphatic rings. The third kappa shape index (κ3) is 2.82. The summed E-state index contributed by atoms with van der Waals surface area (Å²) in [7, 11) is 1.77. The number of amides is 1. The van der Waals surface area contributed by atoms with Crippen molar-refractivity contribution in [3.8, 4) is 5.75 Å². The number of ether oxygens (including phenoxy) is 1. The molecule has 96 valence electrons. The van der Waals surface area contributed by atoms with Gasteiger partial charge in [0, 0.05) is 13.1 Å². The van der Waals surface area contributed by atoms with Gasteiger partial charge in [-0.05, 0) is 25.0 Å². The maximum Gasteiger partial charge on any atom is 0.260 e. The summed E-state index contributed by atoms with van der Waals surface area (Å²) < 4.78 is 5.36. The number of aldehydes is 1. The lowest BCUT2D eigenvalue weighted by molar-refractivity contribution is -0.132. The maximum absolute atomic E-state index is 11.8. The Bertz CT molecular complexity index is 471. The first-order valence-electron chi connectivity index (χ1n) is 5.75. The van der Waals surface area contributed by atoms with Crippen LogP contribution in [-0.4, -0.2) is 36.8 Å². The van der Waals surface area contributed by atoms with Gasteiger partial charge in [0.15, 0.2) is 12.9 Å². The molecule has 0 aliphatic heterocycles. The predicted octanol–water partition coefficient (Wildman–Crippen LogP) is 2.15. The summed E-state index contributed by atoms with van der Waals surface area (Å²) in [4.78, 5) is 24.3. The van der Waals surface area contributed by atoms with Crippen molar-refractivity contribution in [1.29, 1.82) is 0 Å². The van der Waals surface area contributed by atoms with E-state index in [1.54, 1.807) is 30.1 Å². The highest BCUT2D eigenvalue weighted by Crippen LogP contribution is 2.26. The van der Waals surface area contributed by atoms with Crippen molar-refractivity contribution in [3.05, 3.63) is 28.8 Å². The topological polar surface area (TPSA) is 46.6 Å². The molecule has 1 aromatic carbocycles. The number of carbonyl (C=O) groups excluding carboxylic acids is 2. The lowest BCUT2D eigenvalue weighted by Gasteiger charge is -2.17. The standard InChI is InChI=1S/C13H14ClNO3/c1-15(9-5-6-9)13(17)8-18-12-4-2-3-11(14)10(12)7-16/h2-4,7,9H,5-6,8H2,1H3. The van der Waals surface area contributed by atoms with E-state index in [4.69, 9.17) is 16.3 Å². The zero-order chi connectivity index (χ0) is 13.1. The van der Waals surface area contributed by atoms with Crippen LogP contribution >= 0.6 is 11.6 Å². The first-order valence-corrected chi connectivity index (χ1v) is 6.13. The number of hydrogen-bond acceptors (Lipinski definition) is 3. The molecule has 0 atom stereocenters. The fourth-order valence-electron chi connectivity index (χ4n) is 1.66. The molecule has 0 saturated heterocycles. The minimum absolute atomic E-state index is 0.0752. The second-order valence-corrected chi connectivity index (χ2v) is 4.70. The molecule has 0 unspecified atom stereocenters. The minimum Gasteiger partial charge on any atom is -0.483 e. The molecular formula is C13H14ClNO3. The van der Waals surface area contributed by atoms with E-state index in [9.17, 15) is 9.59 Å². The Morgan fingerprint density at radius 1 is 1.56 bits per heavy atom. The van der Waals surface area contributed by atoms with Gasteiger partial charge in [0.2, 0.25) is 0 Å². The summed E-state index contributed by atoms with van der Waals surface area (Å²) in [5, 5.41) is 0.325.